The zero-order valence-electron chi connectivity index (χ0n) is 16.3. The molecule has 0 saturated heterocycles. The van der Waals surface area contributed by atoms with Gasteiger partial charge in [-0.3, -0.25) is 10.1 Å². The van der Waals surface area contributed by atoms with Crippen LogP contribution in [-0.2, 0) is 6.16 Å². The second-order valence-corrected chi connectivity index (χ2v) is 10.4. The highest BCUT2D eigenvalue weighted by Gasteiger charge is 2.45. The van der Waals surface area contributed by atoms with E-state index < -0.39 is 7.26 Å². The van der Waals surface area contributed by atoms with Gasteiger partial charge < -0.3 is 12.4 Å². The van der Waals surface area contributed by atoms with Crippen molar-refractivity contribution < 1.29 is 17.3 Å². The highest BCUT2D eigenvalue weighted by molar-refractivity contribution is 7.95. The first-order valence-electron chi connectivity index (χ1n) is 9.48. The number of halogens is 1. The van der Waals surface area contributed by atoms with Crippen molar-refractivity contribution in [2.45, 2.75) is 6.16 Å². The number of benzene rings is 4. The fraction of sp³-hybridized carbons (Fsp3) is 0.0400. The molecule has 150 valence electrons. The monoisotopic (exact) mass is 433 g/mol. The Bertz CT molecular complexity index is 992. The van der Waals surface area contributed by atoms with Crippen LogP contribution in [0, 0.1) is 10.1 Å². The Kier molecular flexibility index (Phi) is 6.99. The zero-order chi connectivity index (χ0) is 20.1. The maximum Gasteiger partial charge on any atom is 0.269 e. The second kappa shape index (κ2) is 9.67. The van der Waals surface area contributed by atoms with Gasteiger partial charge in [0.05, 0.1) is 11.1 Å². The Morgan fingerprint density at radius 3 is 1.30 bits per heavy atom. The first-order chi connectivity index (χ1) is 14.2. The highest BCUT2D eigenvalue weighted by atomic mass is 35.5. The molecule has 4 rings (SSSR count). The average molecular weight is 434 g/mol. The van der Waals surface area contributed by atoms with Gasteiger partial charge in [0, 0.05) is 12.1 Å². The molecule has 0 unspecified atom stereocenters. The number of rotatable bonds is 6. The summed E-state index contributed by atoms with van der Waals surface area (Å²) in [6, 6.07) is 38.9. The topological polar surface area (TPSA) is 43.1 Å². The van der Waals surface area contributed by atoms with Crippen LogP contribution in [0.4, 0.5) is 5.69 Å². The lowest BCUT2D eigenvalue weighted by molar-refractivity contribution is -0.384. The molecule has 0 heterocycles. The Hall–Kier alpha value is -3.00. The molecule has 0 aromatic heterocycles. The molecule has 0 bridgehead atoms. The van der Waals surface area contributed by atoms with E-state index in [0.29, 0.717) is 0 Å². The van der Waals surface area contributed by atoms with Crippen LogP contribution in [-0.4, -0.2) is 4.92 Å². The highest BCUT2D eigenvalue weighted by Crippen LogP contribution is 2.58. The summed E-state index contributed by atoms with van der Waals surface area (Å²) in [4.78, 5) is 10.7. The van der Waals surface area contributed by atoms with E-state index in [-0.39, 0.29) is 23.0 Å². The molecule has 4 aromatic carbocycles. The van der Waals surface area contributed by atoms with Crippen LogP contribution >= 0.6 is 7.26 Å². The predicted octanol–water partition coefficient (Wildman–Crippen LogP) is 2.09. The van der Waals surface area contributed by atoms with Crippen LogP contribution in [0.25, 0.3) is 0 Å². The minimum Gasteiger partial charge on any atom is -1.00 e. The van der Waals surface area contributed by atoms with Gasteiger partial charge in [0.15, 0.2) is 0 Å². The van der Waals surface area contributed by atoms with E-state index in [1.807, 2.05) is 30.3 Å². The molecule has 0 aliphatic rings. The molecule has 0 aliphatic carbocycles. The summed E-state index contributed by atoms with van der Waals surface area (Å²) in [5.74, 6) is 0. The summed E-state index contributed by atoms with van der Waals surface area (Å²) in [6.45, 7) is 0. The van der Waals surface area contributed by atoms with Crippen molar-refractivity contribution in [1.29, 1.82) is 0 Å². The van der Waals surface area contributed by atoms with Gasteiger partial charge in [-0.25, -0.2) is 0 Å². The number of nitrogens with zero attached hydrogens (tertiary/aromatic N) is 1. The normalized spacial score (nSPS) is 10.8. The third-order valence-corrected chi connectivity index (χ3v) is 9.54. The van der Waals surface area contributed by atoms with Crippen molar-refractivity contribution in [3.05, 3.63) is 131 Å². The average Bonchev–Trinajstić information content (AvgIpc) is 2.79. The van der Waals surface area contributed by atoms with Crippen LogP contribution in [0.5, 0.6) is 0 Å². The van der Waals surface area contributed by atoms with Crippen LogP contribution in [0.3, 0.4) is 0 Å². The molecule has 5 heteroatoms. The van der Waals surface area contributed by atoms with E-state index in [4.69, 9.17) is 0 Å². The Labute approximate surface area is 183 Å². The summed E-state index contributed by atoms with van der Waals surface area (Å²) in [5, 5.41) is 15.0. The SMILES string of the molecule is O=[N+]([O-])c1ccc(C[P+](c2ccccc2)(c2ccccc2)c2ccccc2)cc1.[Cl-]. The minimum absolute atomic E-state index is 0. The summed E-state index contributed by atoms with van der Waals surface area (Å²) >= 11 is 0. The van der Waals surface area contributed by atoms with Gasteiger partial charge in [-0.05, 0) is 54.1 Å². The van der Waals surface area contributed by atoms with Crippen LogP contribution in [0.1, 0.15) is 5.56 Å². The van der Waals surface area contributed by atoms with Crippen LogP contribution in [0.15, 0.2) is 115 Å². The van der Waals surface area contributed by atoms with Crippen LogP contribution in [0.2, 0.25) is 0 Å². The number of nitro groups is 1. The summed E-state index contributed by atoms with van der Waals surface area (Å²) in [5.41, 5.74) is 1.22. The largest absolute Gasteiger partial charge is 1.00 e. The summed E-state index contributed by atoms with van der Waals surface area (Å²) < 4.78 is 0. The van der Waals surface area contributed by atoms with Gasteiger partial charge in [0.1, 0.15) is 23.2 Å². The van der Waals surface area contributed by atoms with Gasteiger partial charge in [-0.1, -0.05) is 54.6 Å². The fourth-order valence-corrected chi connectivity index (χ4v) is 8.01. The predicted molar refractivity (Wildman–Crippen MR) is 122 cm³/mol. The molecule has 0 N–H and O–H groups in total. The maximum absolute atomic E-state index is 11.1. The van der Waals surface area contributed by atoms with Gasteiger partial charge in [0.2, 0.25) is 0 Å². The first kappa shape index (κ1) is 21.7. The molecular formula is C25H21ClNO2P. The third-order valence-electron chi connectivity index (χ3n) is 5.16. The van der Waals surface area contributed by atoms with Crippen molar-refractivity contribution in [2.24, 2.45) is 0 Å². The van der Waals surface area contributed by atoms with Crippen molar-refractivity contribution in [3.63, 3.8) is 0 Å². The van der Waals surface area contributed by atoms with Gasteiger partial charge in [-0.15, -0.1) is 0 Å². The molecule has 4 aromatic rings. The number of nitro benzene ring substituents is 1. The third kappa shape index (κ3) is 4.28. The molecule has 0 radical (unpaired) electrons. The van der Waals surface area contributed by atoms with E-state index in [9.17, 15) is 10.1 Å². The standard InChI is InChI=1S/C25H21NO2P.ClH/c27-26(28)22-18-16-21(17-19-22)20-29(23-10-4-1-5-11-23,24-12-6-2-7-13-24)25-14-8-3-9-15-25;/h1-19H,20H2;1H/q+1;/p-1. The molecule has 30 heavy (non-hydrogen) atoms. The lowest BCUT2D eigenvalue weighted by Gasteiger charge is -2.27. The Morgan fingerprint density at radius 1 is 0.600 bits per heavy atom. The van der Waals surface area contributed by atoms with E-state index in [1.54, 1.807) is 12.1 Å². The van der Waals surface area contributed by atoms with E-state index >= 15 is 0 Å². The van der Waals surface area contributed by atoms with E-state index in [0.717, 1.165) is 11.7 Å². The molecule has 0 fully saturated rings. The molecule has 0 atom stereocenters. The molecule has 0 amide bonds. The van der Waals surface area contributed by atoms with Crippen molar-refractivity contribution in [1.82, 2.24) is 0 Å². The minimum atomic E-state index is -1.98. The van der Waals surface area contributed by atoms with E-state index in [1.165, 1.54) is 15.9 Å². The quantitative estimate of drug-likeness (QED) is 0.265. The second-order valence-electron chi connectivity index (χ2n) is 6.90. The first-order valence-corrected chi connectivity index (χ1v) is 11.5. The summed E-state index contributed by atoms with van der Waals surface area (Å²) in [7, 11) is -1.98. The fourth-order valence-electron chi connectivity index (χ4n) is 3.77. The molecule has 0 saturated carbocycles. The maximum atomic E-state index is 11.1. The zero-order valence-corrected chi connectivity index (χ0v) is 17.9. The number of hydrogen-bond acceptors (Lipinski definition) is 2. The molecule has 3 nitrogen and oxygen atoms in total. The molecule has 0 aliphatic heterocycles. The van der Waals surface area contributed by atoms with Crippen molar-refractivity contribution >= 4 is 28.9 Å². The van der Waals surface area contributed by atoms with Gasteiger partial charge >= 0.3 is 0 Å². The number of hydrogen-bond donors (Lipinski definition) is 0. The smallest absolute Gasteiger partial charge is 0.269 e. The summed E-state index contributed by atoms with van der Waals surface area (Å²) in [6.07, 6.45) is 0.809. The molecule has 0 spiro atoms. The Morgan fingerprint density at radius 2 is 0.967 bits per heavy atom. The lowest BCUT2D eigenvalue weighted by atomic mass is 10.2. The van der Waals surface area contributed by atoms with Gasteiger partial charge in [-0.2, -0.15) is 0 Å². The molecular weight excluding hydrogens is 413 g/mol. The van der Waals surface area contributed by atoms with E-state index in [2.05, 4.69) is 72.8 Å². The van der Waals surface area contributed by atoms with Crippen molar-refractivity contribution in [3.8, 4) is 0 Å². The van der Waals surface area contributed by atoms with Crippen LogP contribution < -0.4 is 28.3 Å². The lowest BCUT2D eigenvalue weighted by Crippen LogP contribution is -3.00. The van der Waals surface area contributed by atoms with Gasteiger partial charge in [0.25, 0.3) is 5.69 Å². The Balaban J connectivity index is 0.00000256. The number of non-ortho nitro benzene ring substituents is 1. The van der Waals surface area contributed by atoms with Crippen molar-refractivity contribution in [2.75, 3.05) is 0 Å².